The maximum Gasteiger partial charge on any atom is 0.274 e. The molecule has 0 unspecified atom stereocenters. The van der Waals surface area contributed by atoms with Crippen LogP contribution in [0.15, 0.2) is 36.9 Å². The van der Waals surface area contributed by atoms with Crippen molar-refractivity contribution in [1.29, 1.82) is 0 Å². The third kappa shape index (κ3) is 4.43. The lowest BCUT2D eigenvalue weighted by Gasteiger charge is -2.09. The first-order valence-corrected chi connectivity index (χ1v) is 7.26. The van der Waals surface area contributed by atoms with Crippen molar-refractivity contribution in [2.24, 2.45) is 0 Å². The number of nitrogens with one attached hydrogen (secondary N) is 2. The van der Waals surface area contributed by atoms with Crippen LogP contribution in [0.3, 0.4) is 0 Å². The van der Waals surface area contributed by atoms with Crippen LogP contribution in [0.2, 0.25) is 5.02 Å². The largest absolute Gasteiger partial charge is 0.495 e. The molecule has 0 radical (unpaired) electrons. The number of anilines is 2. The van der Waals surface area contributed by atoms with Gasteiger partial charge in [0.05, 0.1) is 12.1 Å². The molecule has 1 amide bonds. The second-order valence-corrected chi connectivity index (χ2v) is 5.10. The number of hydrogen-bond acceptors (Lipinski definition) is 5. The zero-order valence-electron chi connectivity index (χ0n) is 12.9. The Bertz CT molecular complexity index is 734. The minimum Gasteiger partial charge on any atom is -0.495 e. The Morgan fingerprint density at radius 2 is 2.17 bits per heavy atom. The number of nitrogens with zero attached hydrogens (tertiary/aromatic N) is 2. The fourth-order valence-electron chi connectivity index (χ4n) is 1.87. The number of aromatic nitrogens is 2. The highest BCUT2D eigenvalue weighted by Gasteiger charge is 2.12. The van der Waals surface area contributed by atoms with E-state index in [1.54, 1.807) is 37.3 Å². The third-order valence-electron chi connectivity index (χ3n) is 2.90. The molecule has 0 aliphatic carbocycles. The normalized spacial score (nSPS) is 10.0. The Balaban J connectivity index is 2.18. The Morgan fingerprint density at radius 3 is 2.83 bits per heavy atom. The van der Waals surface area contributed by atoms with Crippen molar-refractivity contribution in [3.8, 4) is 5.75 Å². The molecular weight excluding hydrogens is 316 g/mol. The monoisotopic (exact) mass is 332 g/mol. The molecule has 6 nitrogen and oxygen atoms in total. The van der Waals surface area contributed by atoms with Crippen molar-refractivity contribution in [1.82, 2.24) is 9.97 Å². The predicted molar refractivity (Wildman–Crippen MR) is 91.4 cm³/mol. The van der Waals surface area contributed by atoms with Crippen molar-refractivity contribution in [2.45, 2.75) is 6.92 Å². The van der Waals surface area contributed by atoms with E-state index in [4.69, 9.17) is 16.3 Å². The van der Waals surface area contributed by atoms with Crippen molar-refractivity contribution >= 4 is 29.1 Å². The number of rotatable bonds is 6. The summed E-state index contributed by atoms with van der Waals surface area (Å²) in [5.41, 5.74) is 1.50. The molecule has 2 N–H and O–H groups in total. The van der Waals surface area contributed by atoms with Gasteiger partial charge in [0.2, 0.25) is 5.95 Å². The molecule has 120 valence electrons. The third-order valence-corrected chi connectivity index (χ3v) is 3.20. The van der Waals surface area contributed by atoms with Crippen LogP contribution in [0.1, 0.15) is 16.2 Å². The maximum atomic E-state index is 12.3. The van der Waals surface area contributed by atoms with Gasteiger partial charge in [0.1, 0.15) is 11.4 Å². The van der Waals surface area contributed by atoms with E-state index in [0.29, 0.717) is 34.6 Å². The van der Waals surface area contributed by atoms with Crippen molar-refractivity contribution < 1.29 is 9.53 Å². The zero-order chi connectivity index (χ0) is 16.8. The molecular formula is C16H17ClN4O2. The molecule has 1 heterocycles. The Morgan fingerprint density at radius 1 is 1.39 bits per heavy atom. The van der Waals surface area contributed by atoms with Gasteiger partial charge in [-0.2, -0.15) is 0 Å². The molecule has 0 fully saturated rings. The summed E-state index contributed by atoms with van der Waals surface area (Å²) in [6.45, 7) is 5.92. The summed E-state index contributed by atoms with van der Waals surface area (Å²) in [4.78, 5) is 20.7. The van der Waals surface area contributed by atoms with Crippen molar-refractivity contribution in [3.63, 3.8) is 0 Å². The van der Waals surface area contributed by atoms with E-state index in [2.05, 4.69) is 27.2 Å². The van der Waals surface area contributed by atoms with E-state index in [-0.39, 0.29) is 11.6 Å². The predicted octanol–water partition coefficient (Wildman–Crippen LogP) is 3.30. The van der Waals surface area contributed by atoms with E-state index in [0.717, 1.165) is 0 Å². The lowest BCUT2D eigenvalue weighted by Crippen LogP contribution is -2.16. The number of methoxy groups -OCH3 is 1. The number of amides is 1. The van der Waals surface area contributed by atoms with E-state index >= 15 is 0 Å². The van der Waals surface area contributed by atoms with E-state index in [1.165, 1.54) is 7.11 Å². The second kappa shape index (κ2) is 7.60. The summed E-state index contributed by atoms with van der Waals surface area (Å²) in [7, 11) is 1.53. The smallest absolute Gasteiger partial charge is 0.274 e. The highest BCUT2D eigenvalue weighted by molar-refractivity contribution is 6.32. The van der Waals surface area contributed by atoms with Gasteiger partial charge in [-0.05, 0) is 31.2 Å². The lowest BCUT2D eigenvalue weighted by atomic mass is 10.2. The number of carbonyl (C=O) groups is 1. The van der Waals surface area contributed by atoms with Crippen LogP contribution in [0.25, 0.3) is 0 Å². The van der Waals surface area contributed by atoms with Crippen molar-refractivity contribution in [2.75, 3.05) is 24.3 Å². The summed E-state index contributed by atoms with van der Waals surface area (Å²) in [5.74, 6) is 0.569. The molecule has 0 atom stereocenters. The van der Waals surface area contributed by atoms with Crippen molar-refractivity contribution in [3.05, 3.63) is 53.3 Å². The standard InChI is InChI=1S/C16H17ClN4O2/c1-4-7-18-16-19-10(2)8-13(21-16)15(22)20-11-5-6-14(23-3)12(17)9-11/h4-6,8-9H,1,7H2,2-3H3,(H,20,22)(H,18,19,21). The van der Waals surface area contributed by atoms with Crippen LogP contribution in [-0.2, 0) is 0 Å². The van der Waals surface area contributed by atoms with Gasteiger partial charge in [-0.3, -0.25) is 4.79 Å². The first kappa shape index (κ1) is 16.8. The zero-order valence-corrected chi connectivity index (χ0v) is 13.6. The van der Waals surface area contributed by atoms with Crippen LogP contribution in [-0.4, -0.2) is 29.5 Å². The van der Waals surface area contributed by atoms with Gasteiger partial charge in [-0.15, -0.1) is 6.58 Å². The molecule has 0 bridgehead atoms. The van der Waals surface area contributed by atoms with Gasteiger partial charge in [0, 0.05) is 17.9 Å². The minimum absolute atomic E-state index is 0.260. The number of halogens is 1. The van der Waals surface area contributed by atoms with Crippen LogP contribution in [0, 0.1) is 6.92 Å². The molecule has 1 aromatic heterocycles. The molecule has 1 aromatic carbocycles. The summed E-state index contributed by atoms with van der Waals surface area (Å²) in [5, 5.41) is 6.12. The first-order valence-electron chi connectivity index (χ1n) is 6.89. The quantitative estimate of drug-likeness (QED) is 0.794. The lowest BCUT2D eigenvalue weighted by molar-refractivity contribution is 0.102. The van der Waals surface area contributed by atoms with Gasteiger partial charge in [-0.25, -0.2) is 9.97 Å². The highest BCUT2D eigenvalue weighted by Crippen LogP contribution is 2.27. The molecule has 23 heavy (non-hydrogen) atoms. The highest BCUT2D eigenvalue weighted by atomic mass is 35.5. The molecule has 7 heteroatoms. The summed E-state index contributed by atoms with van der Waals surface area (Å²) < 4.78 is 5.08. The van der Waals surface area contributed by atoms with Gasteiger partial charge < -0.3 is 15.4 Å². The Hall–Kier alpha value is -2.60. The molecule has 0 saturated heterocycles. The molecule has 0 aliphatic rings. The Labute approximate surface area is 139 Å². The van der Waals surface area contributed by atoms with Gasteiger partial charge in [-0.1, -0.05) is 17.7 Å². The topological polar surface area (TPSA) is 76.1 Å². The minimum atomic E-state index is -0.349. The fourth-order valence-corrected chi connectivity index (χ4v) is 2.12. The number of hydrogen-bond donors (Lipinski definition) is 2. The second-order valence-electron chi connectivity index (χ2n) is 4.69. The van der Waals surface area contributed by atoms with Crippen LogP contribution in [0.5, 0.6) is 5.75 Å². The first-order chi connectivity index (χ1) is 11.0. The van der Waals surface area contributed by atoms with Gasteiger partial charge in [0.25, 0.3) is 5.91 Å². The average molecular weight is 333 g/mol. The van der Waals surface area contributed by atoms with E-state index in [1.807, 2.05) is 0 Å². The fraction of sp³-hybridized carbons (Fsp3) is 0.188. The molecule has 0 spiro atoms. The van der Waals surface area contributed by atoms with Crippen LogP contribution in [0.4, 0.5) is 11.6 Å². The maximum absolute atomic E-state index is 12.3. The van der Waals surface area contributed by atoms with Crippen LogP contribution < -0.4 is 15.4 Å². The van der Waals surface area contributed by atoms with Crippen LogP contribution >= 0.6 is 11.6 Å². The average Bonchev–Trinajstić information content (AvgIpc) is 2.52. The number of carbonyl (C=O) groups excluding carboxylic acids is 1. The SMILES string of the molecule is C=CCNc1nc(C)cc(C(=O)Nc2ccc(OC)c(Cl)c2)n1. The molecule has 2 rings (SSSR count). The Kier molecular flexibility index (Phi) is 5.54. The summed E-state index contributed by atoms with van der Waals surface area (Å²) in [6.07, 6.45) is 1.69. The summed E-state index contributed by atoms with van der Waals surface area (Å²) >= 11 is 6.05. The number of benzene rings is 1. The van der Waals surface area contributed by atoms with Gasteiger partial charge >= 0.3 is 0 Å². The number of aryl methyl sites for hydroxylation is 1. The molecule has 2 aromatic rings. The molecule has 0 saturated carbocycles. The van der Waals surface area contributed by atoms with E-state index < -0.39 is 0 Å². The molecule has 0 aliphatic heterocycles. The summed E-state index contributed by atoms with van der Waals surface area (Å²) in [6, 6.07) is 6.61. The van der Waals surface area contributed by atoms with E-state index in [9.17, 15) is 4.79 Å². The van der Waals surface area contributed by atoms with Gasteiger partial charge in [0.15, 0.2) is 0 Å². The number of ether oxygens (including phenoxy) is 1.